The highest BCUT2D eigenvalue weighted by Gasteiger charge is 2.22. The number of hydrogen-bond donors (Lipinski definition) is 3. The number of hydrogen-bond acceptors (Lipinski definition) is 4. The number of carbonyl (C=O) groups is 3. The molecule has 1 unspecified atom stereocenters. The number of carboxylic acids is 2. The van der Waals surface area contributed by atoms with Crippen LogP contribution >= 0.6 is 11.3 Å². The molecule has 2 amide bonds. The SMILES string of the molecule is CCC(NC(=O)N(CC(=O)O)CC(=O)O)c1cccs1. The highest BCUT2D eigenvalue weighted by atomic mass is 32.1. The molecule has 3 N–H and O–H groups in total. The lowest BCUT2D eigenvalue weighted by atomic mass is 10.2. The molecule has 20 heavy (non-hydrogen) atoms. The molecule has 0 spiro atoms. The molecule has 110 valence electrons. The maximum absolute atomic E-state index is 12.0. The summed E-state index contributed by atoms with van der Waals surface area (Å²) in [6.45, 7) is 0.571. The second kappa shape index (κ2) is 7.49. The molecule has 1 aromatic heterocycles. The minimum Gasteiger partial charge on any atom is -0.480 e. The summed E-state index contributed by atoms with van der Waals surface area (Å²) in [5, 5.41) is 21.9. The van der Waals surface area contributed by atoms with Crippen LogP contribution in [0.25, 0.3) is 0 Å². The van der Waals surface area contributed by atoms with Crippen LogP contribution in [0.3, 0.4) is 0 Å². The summed E-state index contributed by atoms with van der Waals surface area (Å²) in [5.41, 5.74) is 0. The van der Waals surface area contributed by atoms with E-state index >= 15 is 0 Å². The van der Waals surface area contributed by atoms with E-state index in [1.54, 1.807) is 0 Å². The molecular formula is C12H16N2O5S. The normalized spacial score (nSPS) is 11.7. The van der Waals surface area contributed by atoms with Crippen molar-refractivity contribution >= 4 is 29.3 Å². The van der Waals surface area contributed by atoms with Gasteiger partial charge in [0.2, 0.25) is 0 Å². The van der Waals surface area contributed by atoms with Gasteiger partial charge in [0.05, 0.1) is 6.04 Å². The van der Waals surface area contributed by atoms with Crippen molar-refractivity contribution in [3.63, 3.8) is 0 Å². The van der Waals surface area contributed by atoms with Crippen LogP contribution in [0, 0.1) is 0 Å². The van der Waals surface area contributed by atoms with E-state index in [1.165, 1.54) is 11.3 Å². The molecule has 0 aliphatic rings. The zero-order valence-corrected chi connectivity index (χ0v) is 11.7. The average molecular weight is 300 g/mol. The second-order valence-electron chi connectivity index (χ2n) is 4.07. The van der Waals surface area contributed by atoms with Crippen LogP contribution in [0.15, 0.2) is 17.5 Å². The number of thiophene rings is 1. The molecular weight excluding hydrogens is 284 g/mol. The number of nitrogens with one attached hydrogen (secondary N) is 1. The van der Waals surface area contributed by atoms with Crippen molar-refractivity contribution in [3.05, 3.63) is 22.4 Å². The van der Waals surface area contributed by atoms with E-state index in [1.807, 2.05) is 24.4 Å². The van der Waals surface area contributed by atoms with E-state index in [2.05, 4.69) is 5.32 Å². The Morgan fingerprint density at radius 1 is 1.30 bits per heavy atom. The van der Waals surface area contributed by atoms with Crippen LogP contribution < -0.4 is 5.32 Å². The van der Waals surface area contributed by atoms with E-state index in [4.69, 9.17) is 10.2 Å². The first-order valence-corrected chi connectivity index (χ1v) is 6.84. The summed E-state index contributed by atoms with van der Waals surface area (Å²) in [6.07, 6.45) is 0.625. The molecule has 0 saturated heterocycles. The highest BCUT2D eigenvalue weighted by molar-refractivity contribution is 7.10. The van der Waals surface area contributed by atoms with E-state index in [0.29, 0.717) is 6.42 Å². The summed E-state index contributed by atoms with van der Waals surface area (Å²) in [6, 6.07) is 2.75. The quantitative estimate of drug-likeness (QED) is 0.705. The first-order chi connectivity index (χ1) is 9.43. The zero-order chi connectivity index (χ0) is 15.1. The minimum atomic E-state index is -1.26. The van der Waals surface area contributed by atoms with Gasteiger partial charge >= 0.3 is 18.0 Å². The Labute approximate surface area is 119 Å². The van der Waals surface area contributed by atoms with Gasteiger partial charge in [0.1, 0.15) is 13.1 Å². The van der Waals surface area contributed by atoms with Crippen molar-refractivity contribution in [1.82, 2.24) is 10.2 Å². The van der Waals surface area contributed by atoms with Gasteiger partial charge < -0.3 is 20.4 Å². The number of urea groups is 1. The Kier molecular flexibility index (Phi) is 5.98. The van der Waals surface area contributed by atoms with Crippen LogP contribution in [0.1, 0.15) is 24.3 Å². The third kappa shape index (κ3) is 4.88. The van der Waals surface area contributed by atoms with E-state index in [-0.39, 0.29) is 6.04 Å². The summed E-state index contributed by atoms with van der Waals surface area (Å²) in [4.78, 5) is 35.0. The zero-order valence-electron chi connectivity index (χ0n) is 10.9. The van der Waals surface area contributed by atoms with Crippen molar-refractivity contribution in [2.45, 2.75) is 19.4 Å². The minimum absolute atomic E-state index is 0.257. The lowest BCUT2D eigenvalue weighted by Crippen LogP contribution is -2.46. The second-order valence-corrected chi connectivity index (χ2v) is 5.05. The molecule has 0 aromatic carbocycles. The van der Waals surface area contributed by atoms with Crippen LogP contribution in [0.4, 0.5) is 4.79 Å². The number of carboxylic acid groups (broad SMARTS) is 2. The largest absolute Gasteiger partial charge is 0.480 e. The van der Waals surface area contributed by atoms with Gasteiger partial charge in [-0.15, -0.1) is 11.3 Å². The van der Waals surface area contributed by atoms with Gasteiger partial charge in [-0.25, -0.2) is 4.79 Å². The Balaban J connectivity index is 2.73. The van der Waals surface area contributed by atoms with E-state index in [0.717, 1.165) is 9.78 Å². The Morgan fingerprint density at radius 3 is 2.30 bits per heavy atom. The lowest BCUT2D eigenvalue weighted by Gasteiger charge is -2.23. The van der Waals surface area contributed by atoms with E-state index < -0.39 is 31.1 Å². The Bertz CT molecular complexity index is 458. The van der Waals surface area contributed by atoms with Gasteiger partial charge in [0.25, 0.3) is 0 Å². The highest BCUT2D eigenvalue weighted by Crippen LogP contribution is 2.21. The van der Waals surface area contributed by atoms with E-state index in [9.17, 15) is 14.4 Å². The molecule has 0 fully saturated rings. The summed E-state index contributed by atoms with van der Waals surface area (Å²) in [5.74, 6) is -2.52. The number of carbonyl (C=O) groups excluding carboxylic acids is 1. The summed E-state index contributed by atoms with van der Waals surface area (Å²) < 4.78 is 0. The van der Waals surface area contributed by atoms with Gasteiger partial charge in [-0.2, -0.15) is 0 Å². The standard InChI is InChI=1S/C12H16N2O5S/c1-2-8(9-4-3-5-20-9)13-12(19)14(6-10(15)16)7-11(17)18/h3-5,8H,2,6-7H2,1H3,(H,13,19)(H,15,16)(H,17,18). The lowest BCUT2D eigenvalue weighted by molar-refractivity contribution is -0.140. The number of amides is 2. The predicted octanol–water partition coefficient (Wildman–Crippen LogP) is 1.38. The molecule has 8 heteroatoms. The first-order valence-electron chi connectivity index (χ1n) is 5.96. The molecule has 0 aliphatic heterocycles. The third-order valence-corrected chi connectivity index (χ3v) is 3.52. The number of aliphatic carboxylic acids is 2. The molecule has 1 rings (SSSR count). The molecule has 1 heterocycles. The van der Waals surface area contributed by atoms with Crippen molar-refractivity contribution < 1.29 is 24.6 Å². The van der Waals surface area contributed by atoms with Crippen LogP contribution in [0.2, 0.25) is 0 Å². The Hall–Kier alpha value is -2.09. The van der Waals surface area contributed by atoms with Gasteiger partial charge in [-0.1, -0.05) is 13.0 Å². The number of nitrogens with zero attached hydrogens (tertiary/aromatic N) is 1. The smallest absolute Gasteiger partial charge is 0.323 e. The van der Waals surface area contributed by atoms with Crippen molar-refractivity contribution in [3.8, 4) is 0 Å². The number of rotatable bonds is 7. The molecule has 1 atom stereocenters. The molecule has 0 saturated carbocycles. The van der Waals surface area contributed by atoms with Gasteiger partial charge in [0, 0.05) is 4.88 Å². The van der Waals surface area contributed by atoms with Gasteiger partial charge in [-0.3, -0.25) is 9.59 Å². The summed E-state index contributed by atoms with van der Waals surface area (Å²) in [7, 11) is 0. The fourth-order valence-electron chi connectivity index (χ4n) is 1.63. The topological polar surface area (TPSA) is 107 Å². The van der Waals surface area contributed by atoms with Gasteiger partial charge in [-0.05, 0) is 17.9 Å². The first kappa shape index (κ1) is 16.0. The predicted molar refractivity (Wildman–Crippen MR) is 72.7 cm³/mol. The average Bonchev–Trinajstić information content (AvgIpc) is 2.87. The van der Waals surface area contributed by atoms with Crippen LogP contribution in [0.5, 0.6) is 0 Å². The maximum atomic E-state index is 12.0. The van der Waals surface area contributed by atoms with Crippen molar-refractivity contribution in [2.24, 2.45) is 0 Å². The van der Waals surface area contributed by atoms with Crippen molar-refractivity contribution in [1.29, 1.82) is 0 Å². The van der Waals surface area contributed by atoms with Crippen LogP contribution in [-0.4, -0.2) is 46.2 Å². The molecule has 0 aliphatic carbocycles. The van der Waals surface area contributed by atoms with Crippen molar-refractivity contribution in [2.75, 3.05) is 13.1 Å². The van der Waals surface area contributed by atoms with Crippen LogP contribution in [-0.2, 0) is 9.59 Å². The molecule has 0 radical (unpaired) electrons. The fraction of sp³-hybridized carbons (Fsp3) is 0.417. The van der Waals surface area contributed by atoms with Gasteiger partial charge in [0.15, 0.2) is 0 Å². The monoisotopic (exact) mass is 300 g/mol. The Morgan fingerprint density at radius 2 is 1.90 bits per heavy atom. The molecule has 7 nitrogen and oxygen atoms in total. The molecule has 0 bridgehead atoms. The maximum Gasteiger partial charge on any atom is 0.323 e. The molecule has 1 aromatic rings. The summed E-state index contributed by atoms with van der Waals surface area (Å²) >= 11 is 1.47. The third-order valence-electron chi connectivity index (χ3n) is 2.53. The fourth-order valence-corrected chi connectivity index (χ4v) is 2.49.